The summed E-state index contributed by atoms with van der Waals surface area (Å²) < 4.78 is 24.6. The molecule has 0 saturated carbocycles. The van der Waals surface area contributed by atoms with E-state index in [1.165, 1.54) is 4.31 Å². The fourth-order valence-electron chi connectivity index (χ4n) is 1.57. The Bertz CT molecular complexity index is 328. The molecule has 0 bridgehead atoms. The van der Waals surface area contributed by atoms with E-state index in [0.29, 0.717) is 13.1 Å². The molecule has 7 heteroatoms. The number of piperidine rings is 1. The van der Waals surface area contributed by atoms with Gasteiger partial charge in [0.1, 0.15) is 0 Å². The molecular formula is C8H16N2O4S. The molecule has 1 aliphatic rings. The van der Waals surface area contributed by atoms with E-state index in [2.05, 4.69) is 0 Å². The maximum absolute atomic E-state index is 11.6. The minimum Gasteiger partial charge on any atom is -0.481 e. The van der Waals surface area contributed by atoms with Crippen LogP contribution in [0.1, 0.15) is 19.3 Å². The summed E-state index contributed by atoms with van der Waals surface area (Å²) in [5.41, 5.74) is 5.66. The van der Waals surface area contributed by atoms with Crippen molar-refractivity contribution in [2.24, 2.45) is 5.73 Å². The third kappa shape index (κ3) is 3.77. The van der Waals surface area contributed by atoms with Gasteiger partial charge in [-0.3, -0.25) is 4.79 Å². The molecule has 1 rings (SSSR count). The highest BCUT2D eigenvalue weighted by atomic mass is 32.2. The van der Waals surface area contributed by atoms with Gasteiger partial charge in [0.15, 0.2) is 0 Å². The van der Waals surface area contributed by atoms with Crippen LogP contribution >= 0.6 is 0 Å². The Morgan fingerprint density at radius 1 is 1.53 bits per heavy atom. The lowest BCUT2D eigenvalue weighted by Gasteiger charge is -2.29. The molecule has 0 aromatic heterocycles. The lowest BCUT2D eigenvalue weighted by atomic mass is 10.1. The Morgan fingerprint density at radius 3 is 2.73 bits per heavy atom. The summed E-state index contributed by atoms with van der Waals surface area (Å²) >= 11 is 0. The lowest BCUT2D eigenvalue weighted by molar-refractivity contribution is -0.136. The number of carboxylic acids is 1. The SMILES string of the molecule is N[C@@H]1CCCN(S(=O)(=O)CCC(=O)O)C1. The summed E-state index contributed by atoms with van der Waals surface area (Å²) in [6.07, 6.45) is 1.21. The predicted octanol–water partition coefficient (Wildman–Crippen LogP) is -0.786. The summed E-state index contributed by atoms with van der Waals surface area (Å²) in [5, 5.41) is 8.42. The van der Waals surface area contributed by atoms with Crippen LogP contribution in [0.3, 0.4) is 0 Å². The Labute approximate surface area is 89.1 Å². The number of aliphatic carboxylic acids is 1. The first-order valence-corrected chi connectivity index (χ1v) is 6.48. The van der Waals surface area contributed by atoms with Gasteiger partial charge in [0.25, 0.3) is 0 Å². The molecule has 88 valence electrons. The van der Waals surface area contributed by atoms with Gasteiger partial charge < -0.3 is 10.8 Å². The van der Waals surface area contributed by atoms with E-state index < -0.39 is 16.0 Å². The van der Waals surface area contributed by atoms with Gasteiger partial charge in [-0.2, -0.15) is 0 Å². The number of carboxylic acid groups (broad SMARTS) is 1. The lowest BCUT2D eigenvalue weighted by Crippen LogP contribution is -2.46. The van der Waals surface area contributed by atoms with Crippen LogP contribution in [0.5, 0.6) is 0 Å². The molecule has 0 unspecified atom stereocenters. The number of carbonyl (C=O) groups is 1. The van der Waals surface area contributed by atoms with Crippen LogP contribution in [0, 0.1) is 0 Å². The first-order chi connectivity index (χ1) is 6.92. The highest BCUT2D eigenvalue weighted by Crippen LogP contribution is 2.13. The number of nitrogens with two attached hydrogens (primary N) is 1. The topological polar surface area (TPSA) is 101 Å². The number of rotatable bonds is 4. The van der Waals surface area contributed by atoms with Crippen molar-refractivity contribution < 1.29 is 18.3 Å². The van der Waals surface area contributed by atoms with Gasteiger partial charge in [0, 0.05) is 19.1 Å². The van der Waals surface area contributed by atoms with Crippen LogP contribution in [0.2, 0.25) is 0 Å². The second-order valence-electron chi connectivity index (χ2n) is 3.72. The molecule has 15 heavy (non-hydrogen) atoms. The number of hydrogen-bond donors (Lipinski definition) is 2. The van der Waals surface area contributed by atoms with Gasteiger partial charge in [-0.1, -0.05) is 0 Å². The van der Waals surface area contributed by atoms with Crippen LogP contribution in [0.25, 0.3) is 0 Å². The molecule has 6 nitrogen and oxygen atoms in total. The molecule has 1 atom stereocenters. The first-order valence-electron chi connectivity index (χ1n) is 4.87. The minimum atomic E-state index is -3.44. The largest absolute Gasteiger partial charge is 0.481 e. The van der Waals surface area contributed by atoms with Gasteiger partial charge in [-0.25, -0.2) is 12.7 Å². The summed E-state index contributed by atoms with van der Waals surface area (Å²) in [7, 11) is -3.44. The molecule has 0 aliphatic carbocycles. The van der Waals surface area contributed by atoms with Gasteiger partial charge in [0.05, 0.1) is 12.2 Å². The van der Waals surface area contributed by atoms with Crippen molar-refractivity contribution in [1.82, 2.24) is 4.31 Å². The predicted molar refractivity (Wildman–Crippen MR) is 54.8 cm³/mol. The Balaban J connectivity index is 2.56. The molecule has 1 heterocycles. The van der Waals surface area contributed by atoms with E-state index in [1.807, 2.05) is 0 Å². The zero-order valence-corrected chi connectivity index (χ0v) is 9.24. The van der Waals surface area contributed by atoms with E-state index in [9.17, 15) is 13.2 Å². The monoisotopic (exact) mass is 236 g/mol. The molecule has 1 aliphatic heterocycles. The third-order valence-corrected chi connectivity index (χ3v) is 4.23. The summed E-state index contributed by atoms with van der Waals surface area (Å²) in [4.78, 5) is 10.3. The van der Waals surface area contributed by atoms with E-state index in [1.54, 1.807) is 0 Å². The van der Waals surface area contributed by atoms with Crippen LogP contribution in [-0.2, 0) is 14.8 Å². The Hall–Kier alpha value is -0.660. The van der Waals surface area contributed by atoms with E-state index in [4.69, 9.17) is 10.8 Å². The van der Waals surface area contributed by atoms with Gasteiger partial charge >= 0.3 is 5.97 Å². The number of nitrogens with zero attached hydrogens (tertiary/aromatic N) is 1. The molecule has 0 spiro atoms. The van der Waals surface area contributed by atoms with E-state index in [0.717, 1.165) is 12.8 Å². The molecule has 0 amide bonds. The Kier molecular flexibility index (Phi) is 4.06. The van der Waals surface area contributed by atoms with Crippen LogP contribution in [0.4, 0.5) is 0 Å². The smallest absolute Gasteiger partial charge is 0.304 e. The molecule has 1 saturated heterocycles. The zero-order valence-electron chi connectivity index (χ0n) is 8.42. The average Bonchev–Trinajstić information content (AvgIpc) is 2.15. The average molecular weight is 236 g/mol. The van der Waals surface area contributed by atoms with E-state index >= 15 is 0 Å². The molecule has 0 aromatic rings. The quantitative estimate of drug-likeness (QED) is 0.666. The maximum atomic E-state index is 11.6. The molecule has 3 N–H and O–H groups in total. The number of hydrogen-bond acceptors (Lipinski definition) is 4. The van der Waals surface area contributed by atoms with Crippen molar-refractivity contribution in [3.63, 3.8) is 0 Å². The van der Waals surface area contributed by atoms with Crippen molar-refractivity contribution in [3.05, 3.63) is 0 Å². The van der Waals surface area contributed by atoms with Crippen LogP contribution in [0.15, 0.2) is 0 Å². The summed E-state index contributed by atoms with van der Waals surface area (Å²) in [6, 6.07) is -0.127. The fraction of sp³-hybridized carbons (Fsp3) is 0.875. The number of sulfonamides is 1. The van der Waals surface area contributed by atoms with Crippen molar-refractivity contribution in [3.8, 4) is 0 Å². The van der Waals surface area contributed by atoms with Gasteiger partial charge in [0.2, 0.25) is 10.0 Å². The van der Waals surface area contributed by atoms with Crippen molar-refractivity contribution in [2.45, 2.75) is 25.3 Å². The molecule has 0 radical (unpaired) electrons. The van der Waals surface area contributed by atoms with Crippen LogP contribution < -0.4 is 5.73 Å². The maximum Gasteiger partial charge on any atom is 0.304 e. The second-order valence-corrected chi connectivity index (χ2v) is 5.81. The second kappa shape index (κ2) is 4.91. The highest BCUT2D eigenvalue weighted by molar-refractivity contribution is 7.89. The first kappa shape index (κ1) is 12.4. The van der Waals surface area contributed by atoms with Crippen LogP contribution in [-0.4, -0.2) is 48.7 Å². The molecule has 0 aromatic carbocycles. The van der Waals surface area contributed by atoms with E-state index in [-0.39, 0.29) is 18.2 Å². The van der Waals surface area contributed by atoms with Crippen molar-refractivity contribution in [1.29, 1.82) is 0 Å². The Morgan fingerprint density at radius 2 is 2.20 bits per heavy atom. The van der Waals surface area contributed by atoms with Crippen molar-refractivity contribution >= 4 is 16.0 Å². The summed E-state index contributed by atoms with van der Waals surface area (Å²) in [6.45, 7) is 0.762. The molecule has 1 fully saturated rings. The third-order valence-electron chi connectivity index (χ3n) is 2.39. The zero-order chi connectivity index (χ0) is 11.5. The fourth-order valence-corrected chi connectivity index (χ4v) is 3.09. The molecular weight excluding hydrogens is 220 g/mol. The normalized spacial score (nSPS) is 23.9. The standard InChI is InChI=1S/C8H16N2O4S/c9-7-2-1-4-10(6-7)15(13,14)5-3-8(11)12/h7H,1-6,9H2,(H,11,12)/t7-/m1/s1. The summed E-state index contributed by atoms with van der Waals surface area (Å²) in [5.74, 6) is -1.44. The minimum absolute atomic E-state index is 0.127. The van der Waals surface area contributed by atoms with Gasteiger partial charge in [-0.05, 0) is 12.8 Å². The van der Waals surface area contributed by atoms with Crippen molar-refractivity contribution in [2.75, 3.05) is 18.8 Å². The highest BCUT2D eigenvalue weighted by Gasteiger charge is 2.27. The van der Waals surface area contributed by atoms with Gasteiger partial charge in [-0.15, -0.1) is 0 Å².